The summed E-state index contributed by atoms with van der Waals surface area (Å²) in [4.78, 5) is 8.15. The molecule has 0 atom stereocenters. The first kappa shape index (κ1) is 12.6. The highest BCUT2D eigenvalue weighted by atomic mass is 16.5. The SMILES string of the molecule is CC(C)(C)n1nc(OCCO)c2c(N)ncnc21. The summed E-state index contributed by atoms with van der Waals surface area (Å²) in [5, 5.41) is 13.8. The summed E-state index contributed by atoms with van der Waals surface area (Å²) in [5.41, 5.74) is 6.22. The van der Waals surface area contributed by atoms with Crippen LogP contribution in [0.25, 0.3) is 11.0 Å². The Labute approximate surface area is 105 Å². The van der Waals surface area contributed by atoms with Crippen LogP contribution in [0.2, 0.25) is 0 Å². The quantitative estimate of drug-likeness (QED) is 0.825. The molecule has 0 aliphatic rings. The third kappa shape index (κ3) is 2.08. The molecule has 0 aliphatic heterocycles. The zero-order chi connectivity index (χ0) is 13.3. The van der Waals surface area contributed by atoms with Crippen LogP contribution in [0.4, 0.5) is 5.82 Å². The van der Waals surface area contributed by atoms with E-state index < -0.39 is 0 Å². The molecule has 18 heavy (non-hydrogen) atoms. The maximum absolute atomic E-state index is 8.81. The average molecular weight is 251 g/mol. The zero-order valence-electron chi connectivity index (χ0n) is 10.7. The molecule has 2 heterocycles. The summed E-state index contributed by atoms with van der Waals surface area (Å²) in [6.45, 7) is 6.09. The van der Waals surface area contributed by atoms with E-state index in [0.29, 0.717) is 22.7 Å². The molecule has 3 N–H and O–H groups in total. The molecule has 0 spiro atoms. The Morgan fingerprint density at radius 1 is 1.39 bits per heavy atom. The van der Waals surface area contributed by atoms with Crippen molar-refractivity contribution in [3.8, 4) is 5.88 Å². The summed E-state index contributed by atoms with van der Waals surface area (Å²) in [6, 6.07) is 0. The fraction of sp³-hybridized carbons (Fsp3) is 0.545. The van der Waals surface area contributed by atoms with Crippen LogP contribution in [0.3, 0.4) is 0 Å². The predicted molar refractivity (Wildman–Crippen MR) is 67.3 cm³/mol. The number of aliphatic hydroxyl groups excluding tert-OH is 1. The molecule has 2 aromatic rings. The fourth-order valence-corrected chi connectivity index (χ4v) is 1.65. The van der Waals surface area contributed by atoms with Gasteiger partial charge in [0.05, 0.1) is 12.1 Å². The first-order valence-corrected chi connectivity index (χ1v) is 5.68. The normalized spacial score (nSPS) is 12.0. The van der Waals surface area contributed by atoms with Crippen LogP contribution < -0.4 is 10.5 Å². The highest BCUT2D eigenvalue weighted by Gasteiger charge is 2.23. The van der Waals surface area contributed by atoms with Crippen LogP contribution in [0.5, 0.6) is 5.88 Å². The number of hydrogen-bond donors (Lipinski definition) is 2. The third-order valence-electron chi connectivity index (χ3n) is 2.43. The molecule has 0 amide bonds. The first-order valence-electron chi connectivity index (χ1n) is 5.68. The van der Waals surface area contributed by atoms with E-state index in [1.807, 2.05) is 20.8 Å². The molecule has 0 radical (unpaired) electrons. The Hall–Kier alpha value is -1.89. The topological polar surface area (TPSA) is 99.1 Å². The largest absolute Gasteiger partial charge is 0.474 e. The highest BCUT2D eigenvalue weighted by molar-refractivity contribution is 5.90. The number of fused-ring (bicyclic) bond motifs is 1. The van der Waals surface area contributed by atoms with Crippen molar-refractivity contribution in [1.29, 1.82) is 0 Å². The van der Waals surface area contributed by atoms with Gasteiger partial charge >= 0.3 is 0 Å². The van der Waals surface area contributed by atoms with Crippen LogP contribution >= 0.6 is 0 Å². The van der Waals surface area contributed by atoms with Gasteiger partial charge in [-0.15, -0.1) is 5.10 Å². The average Bonchev–Trinajstić information content (AvgIpc) is 2.66. The van der Waals surface area contributed by atoms with Crippen molar-refractivity contribution in [3.05, 3.63) is 6.33 Å². The van der Waals surface area contributed by atoms with Crippen molar-refractivity contribution >= 4 is 16.9 Å². The second-order valence-electron chi connectivity index (χ2n) is 4.92. The molecule has 0 saturated heterocycles. The number of aliphatic hydroxyl groups is 1. The van der Waals surface area contributed by atoms with Gasteiger partial charge in [-0.3, -0.25) is 0 Å². The van der Waals surface area contributed by atoms with E-state index in [1.54, 1.807) is 4.68 Å². The number of anilines is 1. The number of ether oxygens (including phenoxy) is 1. The van der Waals surface area contributed by atoms with Crippen LogP contribution in [-0.2, 0) is 5.54 Å². The second kappa shape index (κ2) is 4.41. The van der Waals surface area contributed by atoms with Crippen LogP contribution in [0.1, 0.15) is 20.8 Å². The Morgan fingerprint density at radius 2 is 2.11 bits per heavy atom. The standard InChI is InChI=1S/C11H17N5O2/c1-11(2,3)16-9-7(8(12)13-6-14-9)10(15-16)18-5-4-17/h6,17H,4-5H2,1-3H3,(H2,12,13,14). The van der Waals surface area contributed by atoms with Gasteiger partial charge in [-0.2, -0.15) is 0 Å². The Bertz CT molecular complexity index is 558. The van der Waals surface area contributed by atoms with Gasteiger partial charge < -0.3 is 15.6 Å². The number of rotatable bonds is 3. The molecule has 0 aromatic carbocycles. The highest BCUT2D eigenvalue weighted by Crippen LogP contribution is 2.30. The van der Waals surface area contributed by atoms with Gasteiger partial charge in [0.1, 0.15) is 24.1 Å². The summed E-state index contributed by atoms with van der Waals surface area (Å²) < 4.78 is 7.13. The van der Waals surface area contributed by atoms with Crippen molar-refractivity contribution in [1.82, 2.24) is 19.7 Å². The summed E-state index contributed by atoms with van der Waals surface area (Å²) >= 11 is 0. The number of nitrogen functional groups attached to an aromatic ring is 1. The molecule has 0 bridgehead atoms. The molecule has 0 saturated carbocycles. The van der Waals surface area contributed by atoms with Crippen LogP contribution in [0.15, 0.2) is 6.33 Å². The van der Waals surface area contributed by atoms with Crippen LogP contribution in [-0.4, -0.2) is 38.1 Å². The van der Waals surface area contributed by atoms with E-state index in [4.69, 9.17) is 15.6 Å². The van der Waals surface area contributed by atoms with Crippen molar-refractivity contribution in [2.24, 2.45) is 0 Å². The minimum absolute atomic E-state index is 0.0858. The van der Waals surface area contributed by atoms with Crippen molar-refractivity contribution in [2.45, 2.75) is 26.3 Å². The van der Waals surface area contributed by atoms with Gasteiger partial charge in [0.25, 0.3) is 0 Å². The van der Waals surface area contributed by atoms with Gasteiger partial charge in [0.15, 0.2) is 5.65 Å². The second-order valence-corrected chi connectivity index (χ2v) is 4.92. The van der Waals surface area contributed by atoms with Crippen molar-refractivity contribution in [2.75, 3.05) is 18.9 Å². The van der Waals surface area contributed by atoms with Gasteiger partial charge in [-0.1, -0.05) is 0 Å². The summed E-state index contributed by atoms with van der Waals surface area (Å²) in [7, 11) is 0. The van der Waals surface area contributed by atoms with E-state index in [9.17, 15) is 0 Å². The Balaban J connectivity index is 2.64. The molecular weight excluding hydrogens is 234 g/mol. The third-order valence-corrected chi connectivity index (χ3v) is 2.43. The molecule has 2 aromatic heterocycles. The molecule has 0 aliphatic carbocycles. The Morgan fingerprint density at radius 3 is 2.72 bits per heavy atom. The lowest BCUT2D eigenvalue weighted by Crippen LogP contribution is -2.23. The molecule has 98 valence electrons. The van der Waals surface area contributed by atoms with Crippen molar-refractivity contribution in [3.63, 3.8) is 0 Å². The minimum atomic E-state index is -0.250. The Kier molecular flexibility index (Phi) is 3.08. The lowest BCUT2D eigenvalue weighted by Gasteiger charge is -2.19. The summed E-state index contributed by atoms with van der Waals surface area (Å²) in [6.07, 6.45) is 1.40. The van der Waals surface area contributed by atoms with Gasteiger partial charge in [0, 0.05) is 0 Å². The van der Waals surface area contributed by atoms with Gasteiger partial charge in [0.2, 0.25) is 5.88 Å². The van der Waals surface area contributed by atoms with E-state index in [-0.39, 0.29) is 18.8 Å². The van der Waals surface area contributed by atoms with Crippen LogP contribution in [0, 0.1) is 0 Å². The summed E-state index contributed by atoms with van der Waals surface area (Å²) in [5.74, 6) is 0.676. The lowest BCUT2D eigenvalue weighted by atomic mass is 10.1. The molecule has 2 rings (SSSR count). The van der Waals surface area contributed by atoms with Gasteiger partial charge in [-0.25, -0.2) is 14.6 Å². The lowest BCUT2D eigenvalue weighted by molar-refractivity contribution is 0.195. The minimum Gasteiger partial charge on any atom is -0.474 e. The predicted octanol–water partition coefficient (Wildman–Crippen LogP) is 0.535. The number of nitrogens with two attached hydrogens (primary N) is 1. The number of hydrogen-bond acceptors (Lipinski definition) is 6. The molecule has 7 nitrogen and oxygen atoms in total. The number of nitrogens with zero attached hydrogens (tertiary/aromatic N) is 4. The maximum Gasteiger partial charge on any atom is 0.246 e. The molecule has 0 fully saturated rings. The fourth-order valence-electron chi connectivity index (χ4n) is 1.65. The van der Waals surface area contributed by atoms with Crippen molar-refractivity contribution < 1.29 is 9.84 Å². The van der Waals surface area contributed by atoms with E-state index in [2.05, 4.69) is 15.1 Å². The molecule has 7 heteroatoms. The monoisotopic (exact) mass is 251 g/mol. The van der Waals surface area contributed by atoms with E-state index in [0.717, 1.165) is 0 Å². The van der Waals surface area contributed by atoms with Gasteiger partial charge in [-0.05, 0) is 20.8 Å². The first-order chi connectivity index (χ1) is 8.45. The smallest absolute Gasteiger partial charge is 0.246 e. The maximum atomic E-state index is 8.81. The zero-order valence-corrected chi connectivity index (χ0v) is 10.7. The number of aromatic nitrogens is 4. The van der Waals surface area contributed by atoms with E-state index >= 15 is 0 Å². The molecular formula is C11H17N5O2. The molecule has 0 unspecified atom stereocenters. The van der Waals surface area contributed by atoms with E-state index in [1.165, 1.54) is 6.33 Å².